The summed E-state index contributed by atoms with van der Waals surface area (Å²) in [5.74, 6) is 1.73. The molecule has 5 heterocycles. The van der Waals surface area contributed by atoms with Crippen molar-refractivity contribution in [2.45, 2.75) is 19.1 Å². The van der Waals surface area contributed by atoms with Gasteiger partial charge in [-0.2, -0.15) is 0 Å². The number of H-pyrrole nitrogens is 1. The SMILES string of the molecule is O=c1cc(N2CCOC(c3cccc4c3Oc3ccc(NCc5cnc6occc6c5)cc3C4)C2)cc[nH]1. The second-order valence-corrected chi connectivity index (χ2v) is 9.67. The van der Waals surface area contributed by atoms with Crippen LogP contribution in [-0.2, 0) is 17.7 Å². The molecule has 1 atom stereocenters. The normalized spacial score (nSPS) is 16.5. The van der Waals surface area contributed by atoms with Gasteiger partial charge < -0.3 is 29.1 Å². The van der Waals surface area contributed by atoms with E-state index in [9.17, 15) is 4.79 Å². The molecular formula is C30H26N4O4. The van der Waals surface area contributed by atoms with Crippen LogP contribution in [0.5, 0.6) is 11.5 Å². The van der Waals surface area contributed by atoms with Crippen molar-refractivity contribution in [1.29, 1.82) is 0 Å². The van der Waals surface area contributed by atoms with Gasteiger partial charge in [-0.1, -0.05) is 18.2 Å². The summed E-state index contributed by atoms with van der Waals surface area (Å²) in [4.78, 5) is 21.1. The lowest BCUT2D eigenvalue weighted by Crippen LogP contribution is -2.39. The largest absolute Gasteiger partial charge is 0.456 e. The summed E-state index contributed by atoms with van der Waals surface area (Å²) >= 11 is 0. The molecule has 0 radical (unpaired) electrons. The maximum Gasteiger partial charge on any atom is 0.249 e. The first-order valence-corrected chi connectivity index (χ1v) is 12.7. The number of hydrogen-bond donors (Lipinski definition) is 2. The molecule has 1 saturated heterocycles. The monoisotopic (exact) mass is 506 g/mol. The highest BCUT2D eigenvalue weighted by Crippen LogP contribution is 2.43. The summed E-state index contributed by atoms with van der Waals surface area (Å²) in [6.45, 7) is 2.63. The van der Waals surface area contributed by atoms with Crippen LogP contribution in [0.3, 0.4) is 0 Å². The predicted octanol–water partition coefficient (Wildman–Crippen LogP) is 5.40. The second-order valence-electron chi connectivity index (χ2n) is 9.67. The molecule has 2 aliphatic rings. The second kappa shape index (κ2) is 9.39. The first-order chi connectivity index (χ1) is 18.7. The van der Waals surface area contributed by atoms with Crippen LogP contribution in [-0.4, -0.2) is 29.7 Å². The Hall–Kier alpha value is -4.56. The molecule has 2 aromatic carbocycles. The van der Waals surface area contributed by atoms with Crippen molar-refractivity contribution in [3.05, 3.63) is 112 Å². The van der Waals surface area contributed by atoms with E-state index in [1.807, 2.05) is 30.5 Å². The standard InChI is InChI=1S/C30H26N4O4/c35-28-15-24(6-8-31-28)34-9-11-36-27(18-34)25-3-1-2-20-13-22-14-23(4-5-26(22)38-29(20)25)32-16-19-12-21-7-10-37-30(21)33-17-19/h1-8,10,12,14-15,17,27,32H,9,11,13,16,18H2,(H,31,35). The molecule has 0 amide bonds. The van der Waals surface area contributed by atoms with E-state index >= 15 is 0 Å². The molecule has 1 unspecified atom stereocenters. The molecule has 38 heavy (non-hydrogen) atoms. The van der Waals surface area contributed by atoms with Crippen molar-refractivity contribution >= 4 is 22.5 Å². The Bertz CT molecular complexity index is 1690. The van der Waals surface area contributed by atoms with Crippen LogP contribution >= 0.6 is 0 Å². The van der Waals surface area contributed by atoms with E-state index in [4.69, 9.17) is 13.9 Å². The summed E-state index contributed by atoms with van der Waals surface area (Å²) in [6.07, 6.45) is 5.80. The number of aromatic nitrogens is 2. The molecule has 5 aromatic rings. The molecule has 0 saturated carbocycles. The number of ether oxygens (including phenoxy) is 2. The highest BCUT2D eigenvalue weighted by atomic mass is 16.5. The van der Waals surface area contributed by atoms with E-state index in [-0.39, 0.29) is 11.7 Å². The molecule has 7 rings (SSSR count). The van der Waals surface area contributed by atoms with E-state index in [2.05, 4.69) is 50.5 Å². The molecule has 0 aliphatic carbocycles. The Balaban J connectivity index is 1.09. The number of nitrogens with one attached hydrogen (secondary N) is 2. The van der Waals surface area contributed by atoms with Gasteiger partial charge in [0.05, 0.1) is 12.9 Å². The number of nitrogens with zero attached hydrogens (tertiary/aromatic N) is 2. The minimum Gasteiger partial charge on any atom is -0.456 e. The maximum absolute atomic E-state index is 11.8. The van der Waals surface area contributed by atoms with Gasteiger partial charge in [0.25, 0.3) is 0 Å². The Kier molecular flexibility index (Phi) is 5.59. The number of benzene rings is 2. The Morgan fingerprint density at radius 3 is 3.00 bits per heavy atom. The fraction of sp³-hybridized carbons (Fsp3) is 0.200. The number of rotatable bonds is 5. The lowest BCUT2D eigenvalue weighted by molar-refractivity contribution is 0.0384. The van der Waals surface area contributed by atoms with Crippen LogP contribution in [0.25, 0.3) is 11.1 Å². The third-order valence-corrected chi connectivity index (χ3v) is 7.18. The molecule has 0 bridgehead atoms. The number of fused-ring (bicyclic) bond motifs is 3. The molecule has 2 N–H and O–H groups in total. The predicted molar refractivity (Wildman–Crippen MR) is 145 cm³/mol. The summed E-state index contributed by atoms with van der Waals surface area (Å²) in [7, 11) is 0. The first-order valence-electron chi connectivity index (χ1n) is 12.7. The molecule has 190 valence electrons. The zero-order valence-electron chi connectivity index (χ0n) is 20.6. The molecule has 2 aliphatic heterocycles. The Morgan fingerprint density at radius 1 is 1.08 bits per heavy atom. The van der Waals surface area contributed by atoms with Crippen LogP contribution in [0, 0.1) is 0 Å². The Morgan fingerprint density at radius 2 is 2.05 bits per heavy atom. The topological polar surface area (TPSA) is 92.6 Å². The number of para-hydroxylation sites is 1. The smallest absolute Gasteiger partial charge is 0.249 e. The highest BCUT2D eigenvalue weighted by Gasteiger charge is 2.28. The molecule has 0 spiro atoms. The molecular weight excluding hydrogens is 480 g/mol. The van der Waals surface area contributed by atoms with Gasteiger partial charge in [0.2, 0.25) is 11.3 Å². The molecule has 8 heteroatoms. The van der Waals surface area contributed by atoms with Gasteiger partial charge in [-0.3, -0.25) is 4.79 Å². The third kappa shape index (κ3) is 4.29. The maximum atomic E-state index is 11.8. The fourth-order valence-corrected chi connectivity index (χ4v) is 5.27. The summed E-state index contributed by atoms with van der Waals surface area (Å²) in [5.41, 5.74) is 6.88. The van der Waals surface area contributed by atoms with Crippen molar-refractivity contribution in [1.82, 2.24) is 9.97 Å². The fourth-order valence-electron chi connectivity index (χ4n) is 5.27. The van der Waals surface area contributed by atoms with Crippen LogP contribution in [0.2, 0.25) is 0 Å². The van der Waals surface area contributed by atoms with Crippen molar-refractivity contribution in [2.75, 3.05) is 29.9 Å². The summed E-state index contributed by atoms with van der Waals surface area (Å²) in [6, 6.07) is 20.1. The van der Waals surface area contributed by atoms with E-state index in [1.54, 1.807) is 18.5 Å². The molecule has 3 aromatic heterocycles. The van der Waals surface area contributed by atoms with Crippen molar-refractivity contribution < 1.29 is 13.9 Å². The van der Waals surface area contributed by atoms with Gasteiger partial charge in [0.1, 0.15) is 17.6 Å². The number of pyridine rings is 2. The minimum atomic E-state index is -0.151. The molecule has 8 nitrogen and oxygen atoms in total. The lowest BCUT2D eigenvalue weighted by Gasteiger charge is -2.36. The van der Waals surface area contributed by atoms with E-state index < -0.39 is 0 Å². The number of furan rings is 1. The van der Waals surface area contributed by atoms with Gasteiger partial charge in [0.15, 0.2) is 0 Å². The van der Waals surface area contributed by atoms with Crippen molar-refractivity contribution in [3.63, 3.8) is 0 Å². The van der Waals surface area contributed by atoms with E-state index in [0.29, 0.717) is 25.4 Å². The van der Waals surface area contributed by atoms with Crippen LogP contribution < -0.4 is 20.5 Å². The van der Waals surface area contributed by atoms with Gasteiger partial charge in [-0.25, -0.2) is 4.98 Å². The van der Waals surface area contributed by atoms with Crippen molar-refractivity contribution in [3.8, 4) is 11.5 Å². The van der Waals surface area contributed by atoms with Gasteiger partial charge in [-0.15, -0.1) is 0 Å². The van der Waals surface area contributed by atoms with E-state index in [1.165, 1.54) is 0 Å². The first kappa shape index (κ1) is 22.6. The van der Waals surface area contributed by atoms with Gasteiger partial charge in [-0.05, 0) is 47.5 Å². The number of aromatic amines is 1. The van der Waals surface area contributed by atoms with Crippen LogP contribution in [0.15, 0.2) is 88.5 Å². The average Bonchev–Trinajstić information content (AvgIpc) is 3.43. The van der Waals surface area contributed by atoms with Gasteiger partial charge >= 0.3 is 0 Å². The number of anilines is 2. The van der Waals surface area contributed by atoms with Crippen LogP contribution in [0.1, 0.15) is 28.4 Å². The van der Waals surface area contributed by atoms with E-state index in [0.717, 1.165) is 63.5 Å². The Labute approximate surface area is 218 Å². The van der Waals surface area contributed by atoms with Crippen LogP contribution in [0.4, 0.5) is 11.4 Å². The minimum absolute atomic E-state index is 0.105. The molecule has 1 fully saturated rings. The number of morpholine rings is 1. The lowest BCUT2D eigenvalue weighted by atomic mass is 9.95. The van der Waals surface area contributed by atoms with Crippen molar-refractivity contribution in [2.24, 2.45) is 0 Å². The zero-order valence-corrected chi connectivity index (χ0v) is 20.6. The highest BCUT2D eigenvalue weighted by molar-refractivity contribution is 5.73. The van der Waals surface area contributed by atoms with Gasteiger partial charge in [0, 0.05) is 72.4 Å². The quantitative estimate of drug-likeness (QED) is 0.323. The third-order valence-electron chi connectivity index (χ3n) is 7.18. The summed E-state index contributed by atoms with van der Waals surface area (Å²) in [5, 5.41) is 4.50. The number of hydrogen-bond acceptors (Lipinski definition) is 7. The average molecular weight is 507 g/mol. The summed E-state index contributed by atoms with van der Waals surface area (Å²) < 4.78 is 18.0. The zero-order chi connectivity index (χ0) is 25.5.